The number of hydrogen-bond donors (Lipinski definition) is 0. The van der Waals surface area contributed by atoms with Crippen LogP contribution in [0, 0.1) is 0 Å². The van der Waals surface area contributed by atoms with Crippen LogP contribution in [-0.4, -0.2) is 22.4 Å². The van der Waals surface area contributed by atoms with Crippen molar-refractivity contribution in [3.8, 4) is 0 Å². The van der Waals surface area contributed by atoms with Crippen LogP contribution in [0.1, 0.15) is 15.9 Å². The zero-order valence-electron chi connectivity index (χ0n) is 10.3. The summed E-state index contributed by atoms with van der Waals surface area (Å²) in [7, 11) is 3.33. The van der Waals surface area contributed by atoms with Gasteiger partial charge in [0.15, 0.2) is 0 Å². The molecule has 18 heavy (non-hydrogen) atoms. The Balaban J connectivity index is 2.15. The van der Waals surface area contributed by atoms with Crippen LogP contribution in [0.3, 0.4) is 0 Å². The molecule has 0 saturated carbocycles. The molecule has 2 rings (SSSR count). The highest BCUT2D eigenvalue weighted by Gasteiger charge is 2.13. The van der Waals surface area contributed by atoms with Crippen molar-refractivity contribution >= 4 is 5.91 Å². The Morgan fingerprint density at radius 2 is 2.22 bits per heavy atom. The third kappa shape index (κ3) is 2.51. The quantitative estimate of drug-likeness (QED) is 0.819. The summed E-state index contributed by atoms with van der Waals surface area (Å²) in [4.78, 5) is 25.1. The van der Waals surface area contributed by atoms with Gasteiger partial charge in [-0.1, -0.05) is 0 Å². The molecular formula is C13H14N2O3. The van der Waals surface area contributed by atoms with Crippen molar-refractivity contribution in [3.05, 3.63) is 58.4 Å². The molecule has 5 nitrogen and oxygen atoms in total. The summed E-state index contributed by atoms with van der Waals surface area (Å²) in [6, 6.07) is 4.78. The second-order valence-electron chi connectivity index (χ2n) is 4.16. The molecule has 0 bridgehead atoms. The van der Waals surface area contributed by atoms with Crippen molar-refractivity contribution < 1.29 is 9.21 Å². The molecule has 0 aromatic carbocycles. The van der Waals surface area contributed by atoms with Gasteiger partial charge in [-0.3, -0.25) is 9.59 Å². The minimum atomic E-state index is -0.197. The average Bonchev–Trinajstić information content (AvgIpc) is 2.84. The van der Waals surface area contributed by atoms with E-state index in [1.54, 1.807) is 49.9 Å². The summed E-state index contributed by atoms with van der Waals surface area (Å²) in [6.07, 6.45) is 4.74. The van der Waals surface area contributed by atoms with Gasteiger partial charge in [0.1, 0.15) is 0 Å². The molecule has 0 N–H and O–H groups in total. The van der Waals surface area contributed by atoms with Gasteiger partial charge in [-0.2, -0.15) is 0 Å². The molecule has 0 aliphatic carbocycles. The van der Waals surface area contributed by atoms with Gasteiger partial charge >= 0.3 is 0 Å². The molecule has 2 aromatic heterocycles. The van der Waals surface area contributed by atoms with Gasteiger partial charge in [-0.05, 0) is 12.1 Å². The number of nitrogens with zero attached hydrogens (tertiary/aromatic N) is 2. The van der Waals surface area contributed by atoms with Crippen LogP contribution in [0.4, 0.5) is 0 Å². The predicted molar refractivity (Wildman–Crippen MR) is 66.2 cm³/mol. The Morgan fingerprint density at radius 3 is 2.83 bits per heavy atom. The van der Waals surface area contributed by atoms with Gasteiger partial charge in [0.2, 0.25) is 0 Å². The number of carbonyl (C=O) groups excluding carboxylic acids is 1. The number of rotatable bonds is 3. The van der Waals surface area contributed by atoms with E-state index in [2.05, 4.69) is 0 Å². The van der Waals surface area contributed by atoms with E-state index < -0.39 is 0 Å². The van der Waals surface area contributed by atoms with Gasteiger partial charge in [0.25, 0.3) is 11.5 Å². The van der Waals surface area contributed by atoms with E-state index in [0.717, 1.165) is 5.56 Å². The van der Waals surface area contributed by atoms with Crippen molar-refractivity contribution in [1.29, 1.82) is 0 Å². The van der Waals surface area contributed by atoms with E-state index in [1.165, 1.54) is 10.6 Å². The van der Waals surface area contributed by atoms with E-state index >= 15 is 0 Å². The average molecular weight is 246 g/mol. The highest BCUT2D eigenvalue weighted by atomic mass is 16.3. The molecule has 0 fully saturated rings. The lowest BCUT2D eigenvalue weighted by Crippen LogP contribution is -2.28. The van der Waals surface area contributed by atoms with Crippen molar-refractivity contribution in [2.45, 2.75) is 6.54 Å². The van der Waals surface area contributed by atoms with Gasteiger partial charge in [0, 0.05) is 44.0 Å². The maximum Gasteiger partial charge on any atom is 0.254 e. The maximum atomic E-state index is 12.1. The normalized spacial score (nSPS) is 10.3. The van der Waals surface area contributed by atoms with Gasteiger partial charge in [-0.25, -0.2) is 0 Å². The molecule has 2 aromatic rings. The number of aromatic nitrogens is 1. The van der Waals surface area contributed by atoms with E-state index in [-0.39, 0.29) is 11.5 Å². The summed E-state index contributed by atoms with van der Waals surface area (Å²) < 4.78 is 6.37. The first kappa shape index (κ1) is 12.2. The Hall–Kier alpha value is -2.30. The van der Waals surface area contributed by atoms with Gasteiger partial charge in [0.05, 0.1) is 12.5 Å². The molecule has 0 aliphatic rings. The van der Waals surface area contributed by atoms with Crippen molar-refractivity contribution in [2.75, 3.05) is 7.05 Å². The second-order valence-corrected chi connectivity index (χ2v) is 4.16. The lowest BCUT2D eigenvalue weighted by molar-refractivity contribution is 0.0784. The van der Waals surface area contributed by atoms with E-state index in [0.29, 0.717) is 12.1 Å². The summed E-state index contributed by atoms with van der Waals surface area (Å²) in [5.41, 5.74) is 1.11. The number of pyridine rings is 1. The summed E-state index contributed by atoms with van der Waals surface area (Å²) in [5.74, 6) is -0.186. The third-order valence-electron chi connectivity index (χ3n) is 2.70. The topological polar surface area (TPSA) is 55.5 Å². The van der Waals surface area contributed by atoms with Gasteiger partial charge in [-0.15, -0.1) is 0 Å². The number of furan rings is 1. The fourth-order valence-electron chi connectivity index (χ4n) is 1.63. The molecule has 2 heterocycles. The minimum absolute atomic E-state index is 0.186. The first-order chi connectivity index (χ1) is 8.58. The van der Waals surface area contributed by atoms with Crippen LogP contribution < -0.4 is 5.56 Å². The SMILES string of the molecule is CN(Cc1ccoc1)C(=O)c1ccn(C)c(=O)c1. The number of amides is 1. The lowest BCUT2D eigenvalue weighted by Gasteiger charge is -2.16. The van der Waals surface area contributed by atoms with Gasteiger partial charge < -0.3 is 13.9 Å². The number of aryl methyl sites for hydroxylation is 1. The monoisotopic (exact) mass is 246 g/mol. The molecule has 0 spiro atoms. The molecule has 0 atom stereocenters. The zero-order valence-corrected chi connectivity index (χ0v) is 10.3. The molecule has 5 heteroatoms. The Bertz CT molecular complexity index is 599. The van der Waals surface area contributed by atoms with Crippen LogP contribution >= 0.6 is 0 Å². The van der Waals surface area contributed by atoms with Crippen LogP contribution in [0.2, 0.25) is 0 Å². The van der Waals surface area contributed by atoms with Crippen molar-refractivity contribution in [3.63, 3.8) is 0 Å². The molecule has 0 unspecified atom stereocenters. The van der Waals surface area contributed by atoms with Crippen molar-refractivity contribution in [2.24, 2.45) is 7.05 Å². The Labute approximate surface area is 104 Å². The number of carbonyl (C=O) groups is 1. The highest BCUT2D eigenvalue weighted by Crippen LogP contribution is 2.07. The smallest absolute Gasteiger partial charge is 0.254 e. The fraction of sp³-hybridized carbons (Fsp3) is 0.231. The molecule has 0 aliphatic heterocycles. The largest absolute Gasteiger partial charge is 0.472 e. The number of hydrogen-bond acceptors (Lipinski definition) is 3. The summed E-state index contributed by atoms with van der Waals surface area (Å²) in [6.45, 7) is 0.449. The summed E-state index contributed by atoms with van der Waals surface area (Å²) in [5, 5.41) is 0. The van der Waals surface area contributed by atoms with E-state index in [9.17, 15) is 9.59 Å². The zero-order chi connectivity index (χ0) is 13.1. The molecule has 0 saturated heterocycles. The maximum absolute atomic E-state index is 12.1. The molecule has 1 amide bonds. The minimum Gasteiger partial charge on any atom is -0.472 e. The second kappa shape index (κ2) is 4.91. The molecule has 0 radical (unpaired) electrons. The third-order valence-corrected chi connectivity index (χ3v) is 2.70. The van der Waals surface area contributed by atoms with Crippen LogP contribution in [0.15, 0.2) is 46.1 Å². The van der Waals surface area contributed by atoms with Crippen LogP contribution in [0.5, 0.6) is 0 Å². The Morgan fingerprint density at radius 1 is 1.44 bits per heavy atom. The fourth-order valence-corrected chi connectivity index (χ4v) is 1.63. The first-order valence-corrected chi connectivity index (χ1v) is 5.51. The van der Waals surface area contributed by atoms with Crippen LogP contribution in [-0.2, 0) is 13.6 Å². The van der Waals surface area contributed by atoms with Crippen molar-refractivity contribution in [1.82, 2.24) is 9.47 Å². The van der Waals surface area contributed by atoms with E-state index in [4.69, 9.17) is 4.42 Å². The van der Waals surface area contributed by atoms with E-state index in [1.807, 2.05) is 0 Å². The highest BCUT2D eigenvalue weighted by molar-refractivity contribution is 5.93. The first-order valence-electron chi connectivity index (χ1n) is 5.51. The Kier molecular flexibility index (Phi) is 3.32. The summed E-state index contributed by atoms with van der Waals surface area (Å²) >= 11 is 0. The molecule has 94 valence electrons. The standard InChI is InChI=1S/C13H14N2O3/c1-14-5-3-11(7-12(14)16)13(17)15(2)8-10-4-6-18-9-10/h3-7,9H,8H2,1-2H3. The van der Waals surface area contributed by atoms with Crippen LogP contribution in [0.25, 0.3) is 0 Å². The molecular weight excluding hydrogens is 232 g/mol. The lowest BCUT2D eigenvalue weighted by atomic mass is 10.2. The predicted octanol–water partition coefficient (Wildman–Crippen LogP) is 1.25.